The van der Waals surface area contributed by atoms with Gasteiger partial charge in [0.05, 0.1) is 21.3 Å². The van der Waals surface area contributed by atoms with Gasteiger partial charge in [0.1, 0.15) is 5.75 Å². The van der Waals surface area contributed by atoms with E-state index in [0.29, 0.717) is 11.5 Å². The van der Waals surface area contributed by atoms with Crippen LogP contribution in [-0.2, 0) is 32.6 Å². The molecule has 2 aromatic rings. The van der Waals surface area contributed by atoms with Crippen LogP contribution >= 0.6 is 0 Å². The molecule has 1 aliphatic rings. The summed E-state index contributed by atoms with van der Waals surface area (Å²) in [5, 5.41) is 0. The predicted octanol–water partition coefficient (Wildman–Crippen LogP) is -2.91. The van der Waals surface area contributed by atoms with E-state index in [4.69, 9.17) is 14.2 Å². The number of methoxy groups -OCH3 is 3. The average molecular weight is 417 g/mol. The zero-order valence-electron chi connectivity index (χ0n) is 12.5. The standard InChI is InChI=1S/C16H15O3.2ClH.Zr/c1-17-12-4-5-13-10(7-12)6-11-8-15(18-2)16(19-3)9-14(11)13;;;/h4-5,7,9H,6H2,1-3H3;2*1H;/q-1;;;+3/p-2. The minimum Gasteiger partial charge on any atom is -1.00 e. The number of benzene rings is 2. The van der Waals surface area contributed by atoms with Crippen molar-refractivity contribution in [3.63, 3.8) is 0 Å². The van der Waals surface area contributed by atoms with Gasteiger partial charge in [0.25, 0.3) is 0 Å². The van der Waals surface area contributed by atoms with Crippen LogP contribution in [0.4, 0.5) is 0 Å². The van der Waals surface area contributed by atoms with E-state index in [1.807, 2.05) is 12.1 Å². The average Bonchev–Trinajstić information content (AvgIpc) is 2.81. The van der Waals surface area contributed by atoms with Crippen molar-refractivity contribution in [2.75, 3.05) is 21.3 Å². The Morgan fingerprint density at radius 1 is 0.909 bits per heavy atom. The number of halogens is 2. The third-order valence-corrected chi connectivity index (χ3v) is 3.48. The van der Waals surface area contributed by atoms with Crippen LogP contribution in [0.5, 0.6) is 17.2 Å². The molecule has 115 valence electrons. The summed E-state index contributed by atoms with van der Waals surface area (Å²) in [6.45, 7) is 0. The molecule has 0 saturated heterocycles. The van der Waals surface area contributed by atoms with Crippen molar-refractivity contribution in [3.05, 3.63) is 41.5 Å². The first-order valence-corrected chi connectivity index (χ1v) is 6.11. The van der Waals surface area contributed by atoms with E-state index in [1.54, 1.807) is 21.3 Å². The van der Waals surface area contributed by atoms with E-state index in [-0.39, 0.29) is 51.0 Å². The maximum absolute atomic E-state index is 5.34. The monoisotopic (exact) mass is 415 g/mol. The predicted molar refractivity (Wildman–Crippen MR) is 73.2 cm³/mol. The summed E-state index contributed by atoms with van der Waals surface area (Å²) in [7, 11) is 4.95. The maximum Gasteiger partial charge on any atom is 3.00 e. The molecule has 3 rings (SSSR count). The molecule has 0 aliphatic heterocycles. The molecule has 0 fully saturated rings. The molecule has 0 N–H and O–H groups in total. The molecule has 0 spiro atoms. The Kier molecular flexibility index (Phi) is 8.53. The number of ether oxygens (including phenoxy) is 3. The van der Waals surface area contributed by atoms with Gasteiger partial charge in [0, 0.05) is 11.5 Å². The molecule has 0 aromatic heterocycles. The second-order valence-electron chi connectivity index (χ2n) is 4.46. The summed E-state index contributed by atoms with van der Waals surface area (Å²) in [6.07, 6.45) is 0.849. The molecule has 22 heavy (non-hydrogen) atoms. The molecule has 0 atom stereocenters. The molecular weight excluding hydrogens is 402 g/mol. The van der Waals surface area contributed by atoms with E-state index >= 15 is 0 Å². The first-order chi connectivity index (χ1) is 9.26. The van der Waals surface area contributed by atoms with Gasteiger partial charge in [0.15, 0.2) is 0 Å². The topological polar surface area (TPSA) is 27.7 Å². The van der Waals surface area contributed by atoms with Crippen molar-refractivity contribution in [2.45, 2.75) is 6.42 Å². The summed E-state index contributed by atoms with van der Waals surface area (Å²) < 4.78 is 15.9. The van der Waals surface area contributed by atoms with Crippen LogP contribution in [0.3, 0.4) is 0 Å². The number of fused-ring (bicyclic) bond motifs is 3. The normalized spacial score (nSPS) is 10.1. The van der Waals surface area contributed by atoms with Gasteiger partial charge in [-0.05, 0) is 24.1 Å². The molecule has 0 unspecified atom stereocenters. The van der Waals surface area contributed by atoms with Crippen LogP contribution < -0.4 is 39.0 Å². The van der Waals surface area contributed by atoms with Crippen LogP contribution in [0.2, 0.25) is 0 Å². The molecule has 0 saturated carbocycles. The van der Waals surface area contributed by atoms with E-state index in [9.17, 15) is 0 Å². The molecule has 1 radical (unpaired) electrons. The van der Waals surface area contributed by atoms with Gasteiger partial charge >= 0.3 is 26.2 Å². The molecule has 3 nitrogen and oxygen atoms in total. The number of hydrogen-bond acceptors (Lipinski definition) is 3. The van der Waals surface area contributed by atoms with Gasteiger partial charge in [-0.3, -0.25) is 0 Å². The molecule has 6 heteroatoms. The van der Waals surface area contributed by atoms with Crippen molar-refractivity contribution >= 4 is 0 Å². The van der Waals surface area contributed by atoms with Gasteiger partial charge in [-0.15, -0.1) is 23.3 Å². The summed E-state index contributed by atoms with van der Waals surface area (Å²) in [6, 6.07) is 11.4. The van der Waals surface area contributed by atoms with Crippen LogP contribution in [0.15, 0.2) is 24.3 Å². The Morgan fingerprint density at radius 2 is 1.64 bits per heavy atom. The van der Waals surface area contributed by atoms with Crippen molar-refractivity contribution < 1.29 is 65.2 Å². The fourth-order valence-corrected chi connectivity index (χ4v) is 2.53. The molecule has 0 bridgehead atoms. The minimum absolute atomic E-state index is 0. The fourth-order valence-electron chi connectivity index (χ4n) is 2.53. The zero-order valence-corrected chi connectivity index (χ0v) is 16.5. The van der Waals surface area contributed by atoms with E-state index in [1.165, 1.54) is 11.1 Å². The van der Waals surface area contributed by atoms with Crippen molar-refractivity contribution in [3.8, 4) is 28.4 Å². The smallest absolute Gasteiger partial charge is 1.00 e. The fraction of sp³-hybridized carbons (Fsp3) is 0.250. The second-order valence-corrected chi connectivity index (χ2v) is 4.46. The first-order valence-electron chi connectivity index (χ1n) is 6.11. The Bertz CT molecular complexity index is 648. The summed E-state index contributed by atoms with van der Waals surface area (Å²) in [5.41, 5.74) is 4.77. The molecule has 0 amide bonds. The number of hydrogen-bond donors (Lipinski definition) is 0. The van der Waals surface area contributed by atoms with Gasteiger partial charge in [-0.2, -0.15) is 0 Å². The van der Waals surface area contributed by atoms with Crippen molar-refractivity contribution in [2.24, 2.45) is 0 Å². The third-order valence-electron chi connectivity index (χ3n) is 3.48. The Balaban J connectivity index is 0.00000147. The first kappa shape index (κ1) is 21.3. The third kappa shape index (κ3) is 3.61. The summed E-state index contributed by atoms with van der Waals surface area (Å²) in [4.78, 5) is 0. The van der Waals surface area contributed by atoms with E-state index in [0.717, 1.165) is 23.3 Å². The van der Waals surface area contributed by atoms with Crippen LogP contribution in [0.1, 0.15) is 11.1 Å². The second kappa shape index (κ2) is 8.81. The molecule has 1 aliphatic carbocycles. The molecular formula is C16H15Cl2O3Zr. The molecule has 2 aromatic carbocycles. The minimum atomic E-state index is 0. The van der Waals surface area contributed by atoms with Gasteiger partial charge in [0.2, 0.25) is 0 Å². The van der Waals surface area contributed by atoms with Gasteiger partial charge in [-0.25, -0.2) is 0 Å². The van der Waals surface area contributed by atoms with Crippen LogP contribution in [-0.4, -0.2) is 21.3 Å². The van der Waals surface area contributed by atoms with E-state index in [2.05, 4.69) is 18.2 Å². The number of rotatable bonds is 3. The van der Waals surface area contributed by atoms with Gasteiger partial charge in [-0.1, -0.05) is 11.6 Å². The van der Waals surface area contributed by atoms with Gasteiger partial charge < -0.3 is 39.0 Å². The summed E-state index contributed by atoms with van der Waals surface area (Å²) >= 11 is 0. The van der Waals surface area contributed by atoms with E-state index < -0.39 is 0 Å². The Labute approximate surface area is 162 Å². The molecule has 0 heterocycles. The Morgan fingerprint density at radius 3 is 2.23 bits per heavy atom. The van der Waals surface area contributed by atoms with Crippen LogP contribution in [0, 0.1) is 6.07 Å². The maximum atomic E-state index is 5.34. The van der Waals surface area contributed by atoms with Crippen molar-refractivity contribution in [1.29, 1.82) is 0 Å². The quantitative estimate of drug-likeness (QED) is 0.428. The van der Waals surface area contributed by atoms with Crippen molar-refractivity contribution in [1.82, 2.24) is 0 Å². The SMILES string of the molecule is COc1ccc2c(c1)Cc1[c-]c(OC)c(OC)cc1-2.[Cl-].[Cl-].[Zr+3]. The Hall–Kier alpha value is -0.697. The largest absolute Gasteiger partial charge is 3.00 e. The van der Waals surface area contributed by atoms with Crippen LogP contribution in [0.25, 0.3) is 11.1 Å². The summed E-state index contributed by atoms with van der Waals surface area (Å²) in [5.74, 6) is 2.25. The zero-order chi connectivity index (χ0) is 13.4.